The van der Waals surface area contributed by atoms with Crippen molar-refractivity contribution in [1.29, 1.82) is 0 Å². The van der Waals surface area contributed by atoms with Crippen LogP contribution in [-0.4, -0.2) is 43.6 Å². The van der Waals surface area contributed by atoms with Gasteiger partial charge in [0.25, 0.3) is 10.0 Å². The molecule has 0 radical (unpaired) electrons. The fourth-order valence-corrected chi connectivity index (χ4v) is 5.27. The van der Waals surface area contributed by atoms with Gasteiger partial charge in [-0.2, -0.15) is 0 Å². The maximum absolute atomic E-state index is 13.1. The molecular weight excluding hydrogens is 378 g/mol. The molecule has 1 saturated carbocycles. The molecule has 1 aromatic carbocycles. The van der Waals surface area contributed by atoms with Gasteiger partial charge in [-0.25, -0.2) is 22.1 Å². The van der Waals surface area contributed by atoms with Gasteiger partial charge in [-0.15, -0.1) is 5.10 Å². The Labute approximate surface area is 161 Å². The maximum atomic E-state index is 13.1. The molecule has 9 heteroatoms. The molecular formula is C19H19N5O3S. The minimum atomic E-state index is -3.75. The fourth-order valence-electron chi connectivity index (χ4n) is 3.95. The highest BCUT2D eigenvalue weighted by molar-refractivity contribution is 7.90. The molecule has 28 heavy (non-hydrogen) atoms. The van der Waals surface area contributed by atoms with Crippen molar-refractivity contribution in [2.24, 2.45) is 0 Å². The standard InChI is InChI=1S/C19H19N5O3S/c25-14-8-6-13(7-9-14)24-18-16-10-11-23(19(16)20-12-17(18)21-22-24)28(26,27)15-4-2-1-3-5-15/h1-5,10-14,25H,6-9H2. The molecule has 1 aliphatic carbocycles. The van der Waals surface area contributed by atoms with Crippen LogP contribution in [0.25, 0.3) is 22.1 Å². The van der Waals surface area contributed by atoms with Gasteiger partial charge in [0.15, 0.2) is 5.65 Å². The van der Waals surface area contributed by atoms with Crippen LogP contribution in [0.5, 0.6) is 0 Å². The second kappa shape index (κ2) is 6.39. The Morgan fingerprint density at radius 2 is 1.79 bits per heavy atom. The predicted octanol–water partition coefficient (Wildman–Crippen LogP) is 2.49. The Balaban J connectivity index is 1.67. The first-order valence-corrected chi connectivity index (χ1v) is 10.7. The van der Waals surface area contributed by atoms with Crippen LogP contribution >= 0.6 is 0 Å². The van der Waals surface area contributed by atoms with Crippen molar-refractivity contribution in [3.63, 3.8) is 0 Å². The van der Waals surface area contributed by atoms with Gasteiger partial charge in [0, 0.05) is 11.6 Å². The third-order valence-electron chi connectivity index (χ3n) is 5.42. The summed E-state index contributed by atoms with van der Waals surface area (Å²) in [7, 11) is -3.75. The summed E-state index contributed by atoms with van der Waals surface area (Å²) in [5.41, 5.74) is 1.78. The van der Waals surface area contributed by atoms with Crippen molar-refractivity contribution in [2.45, 2.75) is 42.7 Å². The van der Waals surface area contributed by atoms with Gasteiger partial charge in [-0.3, -0.25) is 0 Å². The summed E-state index contributed by atoms with van der Waals surface area (Å²) in [6, 6.07) is 10.2. The number of hydrogen-bond acceptors (Lipinski definition) is 6. The number of aliphatic hydroxyl groups is 1. The molecule has 1 N–H and O–H groups in total. The quantitative estimate of drug-likeness (QED) is 0.570. The lowest BCUT2D eigenvalue weighted by Gasteiger charge is -2.25. The van der Waals surface area contributed by atoms with E-state index in [0.717, 1.165) is 31.2 Å². The van der Waals surface area contributed by atoms with Crippen LogP contribution in [0.15, 0.2) is 53.7 Å². The van der Waals surface area contributed by atoms with Gasteiger partial charge >= 0.3 is 0 Å². The third-order valence-corrected chi connectivity index (χ3v) is 7.10. The fraction of sp³-hybridized carbons (Fsp3) is 0.316. The topological polar surface area (TPSA) is 103 Å². The van der Waals surface area contributed by atoms with Crippen LogP contribution in [0.3, 0.4) is 0 Å². The van der Waals surface area contributed by atoms with E-state index in [0.29, 0.717) is 16.6 Å². The zero-order chi connectivity index (χ0) is 19.3. The SMILES string of the molecule is O=S(=O)(c1ccccc1)n1ccc2c1ncc1nnn(C3CCC(O)CC3)c12. The van der Waals surface area contributed by atoms with Gasteiger partial charge in [-0.1, -0.05) is 23.4 Å². The van der Waals surface area contributed by atoms with Gasteiger partial charge in [0.2, 0.25) is 0 Å². The first kappa shape index (κ1) is 17.3. The van der Waals surface area contributed by atoms with Crippen LogP contribution in [0.2, 0.25) is 0 Å². The van der Waals surface area contributed by atoms with Crippen LogP contribution in [0.1, 0.15) is 31.7 Å². The molecule has 5 rings (SSSR count). The lowest BCUT2D eigenvalue weighted by molar-refractivity contribution is 0.108. The molecule has 0 spiro atoms. The first-order chi connectivity index (χ1) is 13.6. The summed E-state index contributed by atoms with van der Waals surface area (Å²) in [6.07, 6.45) is 5.91. The zero-order valence-corrected chi connectivity index (χ0v) is 15.8. The van der Waals surface area contributed by atoms with Crippen LogP contribution in [0, 0.1) is 0 Å². The van der Waals surface area contributed by atoms with Crippen LogP contribution in [0.4, 0.5) is 0 Å². The van der Waals surface area contributed by atoms with E-state index in [4.69, 9.17) is 0 Å². The summed E-state index contributed by atoms with van der Waals surface area (Å²) in [4.78, 5) is 4.57. The molecule has 1 aliphatic rings. The molecule has 3 heterocycles. The number of aromatic nitrogens is 5. The highest BCUT2D eigenvalue weighted by Crippen LogP contribution is 2.33. The third kappa shape index (κ3) is 2.61. The number of nitrogens with zero attached hydrogens (tertiary/aromatic N) is 5. The van der Waals surface area contributed by atoms with E-state index in [1.165, 1.54) is 10.2 Å². The van der Waals surface area contributed by atoms with Gasteiger partial charge in [0.05, 0.1) is 23.2 Å². The summed E-state index contributed by atoms with van der Waals surface area (Å²) in [6.45, 7) is 0. The van der Waals surface area contributed by atoms with Crippen molar-refractivity contribution in [2.75, 3.05) is 0 Å². The Morgan fingerprint density at radius 3 is 2.54 bits per heavy atom. The molecule has 0 bridgehead atoms. The van der Waals surface area contributed by atoms with E-state index in [1.807, 2.05) is 4.68 Å². The van der Waals surface area contributed by atoms with E-state index in [1.54, 1.807) is 42.6 Å². The maximum Gasteiger partial charge on any atom is 0.269 e. The number of hydrogen-bond donors (Lipinski definition) is 1. The molecule has 0 atom stereocenters. The molecule has 3 aromatic heterocycles. The normalized spacial score (nSPS) is 20.8. The smallest absolute Gasteiger partial charge is 0.269 e. The molecule has 8 nitrogen and oxygen atoms in total. The van der Waals surface area contributed by atoms with Crippen molar-refractivity contribution < 1.29 is 13.5 Å². The van der Waals surface area contributed by atoms with Gasteiger partial charge < -0.3 is 5.11 Å². The molecule has 0 unspecified atom stereocenters. The summed E-state index contributed by atoms with van der Waals surface area (Å²) < 4.78 is 29.2. The number of benzene rings is 1. The minimum absolute atomic E-state index is 0.132. The second-order valence-corrected chi connectivity index (χ2v) is 8.97. The summed E-state index contributed by atoms with van der Waals surface area (Å²) in [5, 5.41) is 19.0. The van der Waals surface area contributed by atoms with Crippen LogP contribution in [-0.2, 0) is 10.0 Å². The van der Waals surface area contributed by atoms with E-state index >= 15 is 0 Å². The minimum Gasteiger partial charge on any atom is -0.393 e. The number of aliphatic hydroxyl groups excluding tert-OH is 1. The molecule has 4 aromatic rings. The average Bonchev–Trinajstić information content (AvgIpc) is 3.33. The highest BCUT2D eigenvalue weighted by atomic mass is 32.2. The predicted molar refractivity (Wildman–Crippen MR) is 103 cm³/mol. The first-order valence-electron chi connectivity index (χ1n) is 9.25. The molecule has 0 aliphatic heterocycles. The summed E-state index contributed by atoms with van der Waals surface area (Å²) in [5.74, 6) is 0. The number of pyridine rings is 1. The number of fused-ring (bicyclic) bond motifs is 3. The molecule has 0 saturated heterocycles. The van der Waals surface area contributed by atoms with Gasteiger partial charge in [-0.05, 0) is 43.9 Å². The molecule has 0 amide bonds. The van der Waals surface area contributed by atoms with Crippen molar-refractivity contribution >= 4 is 32.1 Å². The largest absolute Gasteiger partial charge is 0.393 e. The van der Waals surface area contributed by atoms with Crippen molar-refractivity contribution in [1.82, 2.24) is 24.0 Å². The highest BCUT2D eigenvalue weighted by Gasteiger charge is 2.26. The molecule has 144 valence electrons. The second-order valence-electron chi connectivity index (χ2n) is 7.16. The van der Waals surface area contributed by atoms with Crippen molar-refractivity contribution in [3.8, 4) is 0 Å². The molecule has 1 fully saturated rings. The lowest BCUT2D eigenvalue weighted by atomic mass is 9.93. The number of rotatable bonds is 3. The Kier molecular flexibility index (Phi) is 3.95. The van der Waals surface area contributed by atoms with E-state index in [2.05, 4.69) is 15.3 Å². The summed E-state index contributed by atoms with van der Waals surface area (Å²) >= 11 is 0. The van der Waals surface area contributed by atoms with E-state index in [9.17, 15) is 13.5 Å². The van der Waals surface area contributed by atoms with E-state index < -0.39 is 10.0 Å². The van der Waals surface area contributed by atoms with Crippen molar-refractivity contribution in [3.05, 3.63) is 48.8 Å². The van der Waals surface area contributed by atoms with Gasteiger partial charge in [0.1, 0.15) is 11.0 Å². The average molecular weight is 397 g/mol. The zero-order valence-electron chi connectivity index (χ0n) is 15.0. The monoisotopic (exact) mass is 397 g/mol. The Hall–Kier alpha value is -2.78. The Morgan fingerprint density at radius 1 is 1.04 bits per heavy atom. The van der Waals surface area contributed by atoms with E-state index in [-0.39, 0.29) is 17.0 Å². The lowest BCUT2D eigenvalue weighted by Crippen LogP contribution is -2.21. The van der Waals surface area contributed by atoms with Crippen LogP contribution < -0.4 is 0 Å². The Bertz CT molecular complexity index is 1250.